The fraction of sp³-hybridized carbons (Fsp3) is 0.154. The highest BCUT2D eigenvalue weighted by molar-refractivity contribution is 6.34. The summed E-state index contributed by atoms with van der Waals surface area (Å²) in [7, 11) is 0. The summed E-state index contributed by atoms with van der Waals surface area (Å²) in [6, 6.07) is 27.6. The summed E-state index contributed by atoms with van der Waals surface area (Å²) >= 11 is 6.30. The summed E-state index contributed by atoms with van der Waals surface area (Å²) in [6.45, 7) is 3.77. The van der Waals surface area contributed by atoms with E-state index in [0.717, 1.165) is 29.4 Å². The number of hydrogen-bond acceptors (Lipinski definition) is 3. The third-order valence-corrected chi connectivity index (χ3v) is 5.36. The lowest BCUT2D eigenvalue weighted by Gasteiger charge is -2.26. The molecule has 0 saturated heterocycles. The number of nitrogens with zero attached hydrogens (tertiary/aromatic N) is 2. The number of carboxylic acid groups (broad SMARTS) is 1. The number of aliphatic carboxylic acids is 1. The Morgan fingerprint density at radius 3 is 1.88 bits per heavy atom. The predicted octanol–water partition coefficient (Wildman–Crippen LogP) is 7.04. The van der Waals surface area contributed by atoms with Gasteiger partial charge in [-0.15, -0.1) is 0 Å². The number of carbonyl (C=O) groups is 1. The number of pyridine rings is 1. The average Bonchev–Trinajstić information content (AvgIpc) is 2.82. The zero-order valence-electron chi connectivity index (χ0n) is 18.3. The lowest BCUT2D eigenvalue weighted by atomic mass is 10.1. The summed E-state index contributed by atoms with van der Waals surface area (Å²) < 4.78 is 31.7. The zero-order chi connectivity index (χ0) is 24.7. The van der Waals surface area contributed by atoms with E-state index in [1.807, 2.05) is 6.20 Å². The van der Waals surface area contributed by atoms with Crippen LogP contribution in [0.4, 0.5) is 18.9 Å². The second-order valence-electron chi connectivity index (χ2n) is 7.59. The van der Waals surface area contributed by atoms with Crippen molar-refractivity contribution in [3.05, 3.63) is 107 Å². The Labute approximate surface area is 200 Å². The van der Waals surface area contributed by atoms with Gasteiger partial charge in [0.05, 0.1) is 0 Å². The topological polar surface area (TPSA) is 53.4 Å². The number of fused-ring (bicyclic) bond motifs is 1. The van der Waals surface area contributed by atoms with Crippen molar-refractivity contribution in [1.82, 2.24) is 4.98 Å². The molecule has 8 heteroatoms. The van der Waals surface area contributed by atoms with Crippen molar-refractivity contribution in [2.75, 3.05) is 4.90 Å². The summed E-state index contributed by atoms with van der Waals surface area (Å²) in [4.78, 5) is 15.6. The Hall–Kier alpha value is -3.58. The van der Waals surface area contributed by atoms with E-state index in [1.165, 1.54) is 16.8 Å². The number of alkyl halides is 3. The van der Waals surface area contributed by atoms with E-state index in [-0.39, 0.29) is 0 Å². The minimum absolute atomic E-state index is 0.555. The van der Waals surface area contributed by atoms with Gasteiger partial charge in [-0.2, -0.15) is 13.2 Å². The van der Waals surface area contributed by atoms with Crippen molar-refractivity contribution < 1.29 is 23.1 Å². The van der Waals surface area contributed by atoms with Gasteiger partial charge in [-0.1, -0.05) is 72.3 Å². The molecule has 1 N–H and O–H groups in total. The SMILES string of the molecule is Cc1cnc(Cl)c2ccc(N(Cc3ccccc3)Cc3ccccc3)cc12.O=C(O)C(F)(F)F. The van der Waals surface area contributed by atoms with Gasteiger partial charge in [0.1, 0.15) is 5.15 Å². The molecule has 1 heterocycles. The largest absolute Gasteiger partial charge is 0.490 e. The highest BCUT2D eigenvalue weighted by Crippen LogP contribution is 2.30. The lowest BCUT2D eigenvalue weighted by Crippen LogP contribution is -2.22. The maximum atomic E-state index is 10.6. The average molecular weight is 487 g/mol. The minimum atomic E-state index is -5.08. The molecule has 4 nitrogen and oxygen atoms in total. The molecule has 0 fully saturated rings. The molecule has 4 rings (SSSR count). The molecule has 4 aromatic rings. The fourth-order valence-electron chi connectivity index (χ4n) is 3.37. The van der Waals surface area contributed by atoms with Gasteiger partial charge in [0.25, 0.3) is 0 Å². The standard InChI is InChI=1S/C24H21ClN2.C2HF3O2/c1-18-15-26-24(25)22-13-12-21(14-23(18)22)27(16-19-8-4-2-5-9-19)17-20-10-6-3-7-11-20;3-2(4,5)1(6)7/h2-15H,16-17H2,1H3;(H,6,7). The van der Waals surface area contributed by atoms with Crippen molar-refractivity contribution in [1.29, 1.82) is 0 Å². The van der Waals surface area contributed by atoms with Gasteiger partial charge in [-0.3, -0.25) is 0 Å². The smallest absolute Gasteiger partial charge is 0.475 e. The first-order valence-electron chi connectivity index (χ1n) is 10.3. The van der Waals surface area contributed by atoms with Crippen LogP contribution >= 0.6 is 11.6 Å². The van der Waals surface area contributed by atoms with Crippen LogP contribution in [-0.2, 0) is 17.9 Å². The molecule has 0 radical (unpaired) electrons. The second kappa shape index (κ2) is 11.0. The molecule has 0 saturated carbocycles. The molecule has 1 aromatic heterocycles. The van der Waals surface area contributed by atoms with Gasteiger partial charge in [0.15, 0.2) is 0 Å². The van der Waals surface area contributed by atoms with E-state index in [9.17, 15) is 13.2 Å². The van der Waals surface area contributed by atoms with Gasteiger partial charge < -0.3 is 10.0 Å². The summed E-state index contributed by atoms with van der Waals surface area (Å²) in [5.74, 6) is -2.76. The van der Waals surface area contributed by atoms with Crippen molar-refractivity contribution in [2.24, 2.45) is 0 Å². The maximum Gasteiger partial charge on any atom is 0.490 e. The lowest BCUT2D eigenvalue weighted by molar-refractivity contribution is -0.192. The minimum Gasteiger partial charge on any atom is -0.475 e. The van der Waals surface area contributed by atoms with E-state index in [1.54, 1.807) is 0 Å². The molecular formula is C26H22ClF3N2O2. The fourth-order valence-corrected chi connectivity index (χ4v) is 3.59. The highest BCUT2D eigenvalue weighted by Gasteiger charge is 2.38. The molecule has 0 spiro atoms. The summed E-state index contributed by atoms with van der Waals surface area (Å²) in [5, 5.41) is 9.83. The highest BCUT2D eigenvalue weighted by atomic mass is 35.5. The van der Waals surface area contributed by atoms with Gasteiger partial charge in [0, 0.05) is 30.4 Å². The van der Waals surface area contributed by atoms with E-state index >= 15 is 0 Å². The maximum absolute atomic E-state index is 10.6. The van der Waals surface area contributed by atoms with Gasteiger partial charge in [-0.25, -0.2) is 9.78 Å². The molecule has 0 bridgehead atoms. The van der Waals surface area contributed by atoms with E-state index in [4.69, 9.17) is 21.5 Å². The molecule has 0 amide bonds. The van der Waals surface area contributed by atoms with Crippen molar-refractivity contribution in [3.63, 3.8) is 0 Å². The molecule has 3 aromatic carbocycles. The number of carboxylic acids is 1. The molecule has 176 valence electrons. The van der Waals surface area contributed by atoms with E-state index < -0.39 is 12.1 Å². The predicted molar refractivity (Wildman–Crippen MR) is 128 cm³/mol. The monoisotopic (exact) mass is 486 g/mol. The van der Waals surface area contributed by atoms with Crippen LogP contribution < -0.4 is 4.90 Å². The second-order valence-corrected chi connectivity index (χ2v) is 7.95. The molecule has 0 unspecified atom stereocenters. The third-order valence-electron chi connectivity index (χ3n) is 5.06. The summed E-state index contributed by atoms with van der Waals surface area (Å²) in [6.07, 6.45) is -3.24. The van der Waals surface area contributed by atoms with Crippen LogP contribution in [0.2, 0.25) is 5.15 Å². The Balaban J connectivity index is 0.000000406. The Kier molecular flexibility index (Phi) is 8.12. The summed E-state index contributed by atoms with van der Waals surface area (Å²) in [5.41, 5.74) is 4.90. The van der Waals surface area contributed by atoms with Crippen LogP contribution in [0.5, 0.6) is 0 Å². The van der Waals surface area contributed by atoms with Gasteiger partial charge >= 0.3 is 12.1 Å². The van der Waals surface area contributed by atoms with Crippen LogP contribution in [-0.4, -0.2) is 22.2 Å². The molecule has 34 heavy (non-hydrogen) atoms. The molecule has 0 aliphatic carbocycles. The van der Waals surface area contributed by atoms with E-state index in [2.05, 4.69) is 95.7 Å². The Morgan fingerprint density at radius 2 is 1.41 bits per heavy atom. The van der Waals surface area contributed by atoms with Crippen molar-refractivity contribution >= 4 is 34.0 Å². The number of benzene rings is 3. The number of aromatic nitrogens is 1. The van der Waals surface area contributed by atoms with E-state index in [0.29, 0.717) is 5.15 Å². The van der Waals surface area contributed by atoms with Crippen molar-refractivity contribution in [3.8, 4) is 0 Å². The number of hydrogen-bond donors (Lipinski definition) is 1. The molecule has 0 atom stereocenters. The van der Waals surface area contributed by atoms with Crippen LogP contribution in [0.3, 0.4) is 0 Å². The Morgan fingerprint density at radius 1 is 0.912 bits per heavy atom. The first-order valence-corrected chi connectivity index (χ1v) is 10.7. The first kappa shape index (κ1) is 25.1. The Bertz CT molecular complexity index is 1210. The molecular weight excluding hydrogens is 465 g/mol. The van der Waals surface area contributed by atoms with Crippen LogP contribution in [0.25, 0.3) is 10.8 Å². The zero-order valence-corrected chi connectivity index (χ0v) is 19.0. The quantitative estimate of drug-likeness (QED) is 0.307. The van der Waals surface area contributed by atoms with Crippen LogP contribution in [0.15, 0.2) is 85.1 Å². The van der Waals surface area contributed by atoms with Crippen molar-refractivity contribution in [2.45, 2.75) is 26.2 Å². The first-order chi connectivity index (χ1) is 16.1. The number of rotatable bonds is 5. The number of halogens is 4. The number of aryl methyl sites for hydroxylation is 1. The van der Waals surface area contributed by atoms with Crippen LogP contribution in [0, 0.1) is 6.92 Å². The molecule has 0 aliphatic heterocycles. The normalized spacial score (nSPS) is 11.0. The van der Waals surface area contributed by atoms with Gasteiger partial charge in [-0.05, 0) is 47.2 Å². The van der Waals surface area contributed by atoms with Crippen LogP contribution in [0.1, 0.15) is 16.7 Å². The third kappa shape index (κ3) is 6.71. The molecule has 0 aliphatic rings. The number of anilines is 1. The van der Waals surface area contributed by atoms with Gasteiger partial charge in [0.2, 0.25) is 0 Å².